The summed E-state index contributed by atoms with van der Waals surface area (Å²) in [6, 6.07) is 18.3. The molecule has 3 aromatic rings. The molecule has 9 N–H and O–H groups in total. The summed E-state index contributed by atoms with van der Waals surface area (Å²) in [5, 5.41) is 57.7. The molecule has 0 spiro atoms. The van der Waals surface area contributed by atoms with E-state index >= 15 is 0 Å². The summed E-state index contributed by atoms with van der Waals surface area (Å²) in [7, 11) is 1.37. The lowest BCUT2D eigenvalue weighted by Gasteiger charge is -2.38. The molecule has 5 aliphatic rings. The number of nitrogens with one attached hydrogen (secondary N) is 5. The second-order valence-corrected chi connectivity index (χ2v) is 19.5. The van der Waals surface area contributed by atoms with Crippen LogP contribution >= 0.6 is 0 Å². The molecule has 0 unspecified atom stereocenters. The van der Waals surface area contributed by atoms with Crippen LogP contribution in [0.4, 0.5) is 10.5 Å². The Kier molecular flexibility index (Phi) is 17.3. The standard InChI is InChI=1S/C53H64N6O17/c1-51-44(32-10-5-3-6-11-32)43(46(65)53(51,70)45-36(71-2)24-34(25-37(45)76-51)74-42-30-72-29-38(75-42)35(61)27-60)47(66)54-21-22-56-50(69)73-28-31-12-14-33(15-13-31)58-39(62)26-57-49(68)52(18-9-19-52)48(67)55-20-7-4-8-23-59-40(63)16-17-41(59)64/h3,5-6,10-17,24-25,35,38,42-44,46,60-61,65,70H,4,7-9,18-23,26-30H2,1-2H3,(H,54,66)(H,55,67)(H,56,69)(H,57,68)(H,58,62)/t35-,38-,42-,43-,44-,46-,51+,53+/m1/s1. The van der Waals surface area contributed by atoms with E-state index in [1.165, 1.54) is 36.3 Å². The molecule has 3 aromatic carbocycles. The number of aliphatic hydroxyl groups is 4. The second kappa shape index (κ2) is 23.8. The van der Waals surface area contributed by atoms with Crippen LogP contribution in [0.15, 0.2) is 78.9 Å². The monoisotopic (exact) mass is 1060 g/mol. The van der Waals surface area contributed by atoms with Gasteiger partial charge in [0.2, 0.25) is 29.9 Å². The fraction of sp³-hybridized carbons (Fsp3) is 0.491. The number of aliphatic hydroxyl groups excluding tert-OH is 3. The topological polar surface area (TPSA) is 319 Å². The minimum Gasteiger partial charge on any atom is -0.496 e. The number of unbranched alkanes of at least 4 members (excludes halogenated alkanes) is 2. The van der Waals surface area contributed by atoms with E-state index in [1.807, 2.05) is 0 Å². The van der Waals surface area contributed by atoms with E-state index in [2.05, 4.69) is 26.6 Å². The molecule has 2 aliphatic carbocycles. The Morgan fingerprint density at radius 3 is 2.26 bits per heavy atom. The number of methoxy groups -OCH3 is 1. The molecule has 408 valence electrons. The number of rotatable bonds is 23. The second-order valence-electron chi connectivity index (χ2n) is 19.5. The Hall–Kier alpha value is -7.15. The van der Waals surface area contributed by atoms with E-state index in [1.54, 1.807) is 61.5 Å². The van der Waals surface area contributed by atoms with Gasteiger partial charge in [0.25, 0.3) is 11.8 Å². The van der Waals surface area contributed by atoms with Crippen molar-refractivity contribution in [3.05, 3.63) is 95.6 Å². The molecule has 1 saturated heterocycles. The van der Waals surface area contributed by atoms with E-state index in [0.717, 1.165) is 0 Å². The van der Waals surface area contributed by atoms with E-state index in [4.69, 9.17) is 28.4 Å². The Labute approximate surface area is 437 Å². The predicted octanol–water partition coefficient (Wildman–Crippen LogP) is 0.761. The summed E-state index contributed by atoms with van der Waals surface area (Å²) >= 11 is 0. The lowest BCUT2D eigenvalue weighted by atomic mass is 9.67. The lowest BCUT2D eigenvalue weighted by Crippen LogP contribution is -2.56. The van der Waals surface area contributed by atoms with Gasteiger partial charge in [-0.05, 0) is 62.3 Å². The van der Waals surface area contributed by atoms with Crippen molar-refractivity contribution in [1.29, 1.82) is 0 Å². The minimum absolute atomic E-state index is 0.0131. The normalized spacial score (nSPS) is 25.2. The number of carbonyl (C=O) groups is 7. The molecule has 3 heterocycles. The first-order chi connectivity index (χ1) is 36.5. The first-order valence-corrected chi connectivity index (χ1v) is 25.3. The SMILES string of the molecule is COc1cc(O[C@H]2COC[C@H]([C@H](O)CO)O2)cc2c1[C@]1(O)[C@H](O)[C@H](C(=O)NCCNC(=O)OCc3ccc(NC(=O)CNC(=O)C4(C(=O)NCCCCCN5C(=O)C=CC5=O)CCC4)cc3)[C@@H](c3ccccc3)[C@]1(C)O2. The molecule has 7 amide bonds. The minimum atomic E-state index is -2.19. The number of nitrogens with zero attached hydrogens (tertiary/aromatic N) is 1. The van der Waals surface area contributed by atoms with E-state index in [0.29, 0.717) is 68.4 Å². The molecule has 3 fully saturated rings. The van der Waals surface area contributed by atoms with Gasteiger partial charge in [-0.15, -0.1) is 0 Å². The third kappa shape index (κ3) is 11.3. The molecule has 0 bridgehead atoms. The number of imide groups is 1. The Balaban J connectivity index is 0.776. The maximum absolute atomic E-state index is 14.1. The summed E-state index contributed by atoms with van der Waals surface area (Å²) in [4.78, 5) is 90.3. The number of ether oxygens (including phenoxy) is 6. The van der Waals surface area contributed by atoms with Gasteiger partial charge in [-0.25, -0.2) is 4.79 Å². The van der Waals surface area contributed by atoms with Crippen molar-refractivity contribution in [3.8, 4) is 17.2 Å². The van der Waals surface area contributed by atoms with Crippen molar-refractivity contribution < 1.29 is 82.4 Å². The highest BCUT2D eigenvalue weighted by molar-refractivity contribution is 6.12. The van der Waals surface area contributed by atoms with Crippen molar-refractivity contribution in [1.82, 2.24) is 26.2 Å². The van der Waals surface area contributed by atoms with Gasteiger partial charge in [-0.1, -0.05) is 48.9 Å². The predicted molar refractivity (Wildman–Crippen MR) is 266 cm³/mol. The van der Waals surface area contributed by atoms with Crippen LogP contribution in [-0.2, 0) is 55.2 Å². The van der Waals surface area contributed by atoms with E-state index in [-0.39, 0.29) is 74.1 Å². The number of hydrogen-bond acceptors (Lipinski definition) is 17. The number of carbonyl (C=O) groups excluding carboxylic acids is 7. The third-order valence-electron chi connectivity index (χ3n) is 14.7. The fourth-order valence-electron chi connectivity index (χ4n) is 10.5. The highest BCUT2D eigenvalue weighted by Gasteiger charge is 2.75. The average Bonchev–Trinajstić information content (AvgIpc) is 4.10. The maximum Gasteiger partial charge on any atom is 0.407 e. The number of alkyl carbamates (subject to hydrolysis) is 1. The molecular formula is C53H64N6O17. The van der Waals surface area contributed by atoms with Crippen LogP contribution in [0.3, 0.4) is 0 Å². The zero-order valence-corrected chi connectivity index (χ0v) is 42.1. The maximum atomic E-state index is 14.1. The van der Waals surface area contributed by atoms with Gasteiger partial charge in [0, 0.05) is 62.1 Å². The van der Waals surface area contributed by atoms with Crippen molar-refractivity contribution >= 4 is 47.2 Å². The van der Waals surface area contributed by atoms with Crippen molar-refractivity contribution in [2.24, 2.45) is 11.3 Å². The molecule has 3 aliphatic heterocycles. The summed E-state index contributed by atoms with van der Waals surface area (Å²) in [5.41, 5.74) is -3.39. The average molecular weight is 1060 g/mol. The van der Waals surface area contributed by atoms with Crippen LogP contribution in [0.25, 0.3) is 0 Å². The number of fused-ring (bicyclic) bond motifs is 3. The molecule has 8 atom stereocenters. The summed E-state index contributed by atoms with van der Waals surface area (Å²) in [6.45, 7) is 1.11. The van der Waals surface area contributed by atoms with Crippen LogP contribution < -0.4 is 40.8 Å². The summed E-state index contributed by atoms with van der Waals surface area (Å²) in [5.74, 6) is -4.52. The zero-order chi connectivity index (χ0) is 54.2. The molecule has 23 heteroatoms. The zero-order valence-electron chi connectivity index (χ0n) is 42.1. The quantitative estimate of drug-likeness (QED) is 0.0360. The van der Waals surface area contributed by atoms with Gasteiger partial charge in [-0.3, -0.25) is 33.7 Å². The van der Waals surface area contributed by atoms with Crippen LogP contribution in [0.2, 0.25) is 0 Å². The van der Waals surface area contributed by atoms with Gasteiger partial charge in [0.05, 0.1) is 38.3 Å². The molecule has 76 heavy (non-hydrogen) atoms. The Morgan fingerprint density at radius 1 is 0.868 bits per heavy atom. The smallest absolute Gasteiger partial charge is 0.407 e. The fourth-order valence-corrected chi connectivity index (χ4v) is 10.5. The van der Waals surface area contributed by atoms with Crippen molar-refractivity contribution in [3.63, 3.8) is 0 Å². The van der Waals surface area contributed by atoms with Gasteiger partial charge < -0.3 is 75.4 Å². The number of anilines is 1. The molecule has 2 saturated carbocycles. The van der Waals surface area contributed by atoms with Gasteiger partial charge in [0.1, 0.15) is 59.8 Å². The van der Waals surface area contributed by atoms with Crippen LogP contribution in [0, 0.1) is 11.3 Å². The van der Waals surface area contributed by atoms with E-state index < -0.39 is 89.4 Å². The molecule has 8 rings (SSSR count). The molecule has 0 aromatic heterocycles. The van der Waals surface area contributed by atoms with Crippen LogP contribution in [0.5, 0.6) is 17.2 Å². The largest absolute Gasteiger partial charge is 0.496 e. The Morgan fingerprint density at radius 2 is 1.58 bits per heavy atom. The third-order valence-corrected chi connectivity index (χ3v) is 14.7. The van der Waals surface area contributed by atoms with Crippen molar-refractivity contribution in [2.75, 3.05) is 65.0 Å². The van der Waals surface area contributed by atoms with Crippen LogP contribution in [0.1, 0.15) is 68.1 Å². The first-order valence-electron chi connectivity index (χ1n) is 25.3. The highest BCUT2D eigenvalue weighted by Crippen LogP contribution is 2.66. The van der Waals surface area contributed by atoms with Gasteiger partial charge >= 0.3 is 6.09 Å². The van der Waals surface area contributed by atoms with E-state index in [9.17, 15) is 54.0 Å². The lowest BCUT2D eigenvalue weighted by molar-refractivity contribution is -0.233. The number of amides is 7. The number of benzene rings is 3. The first kappa shape index (κ1) is 55.1. The highest BCUT2D eigenvalue weighted by atomic mass is 16.7. The molecule has 0 radical (unpaired) electrons. The molecular weight excluding hydrogens is 993 g/mol. The summed E-state index contributed by atoms with van der Waals surface area (Å²) < 4.78 is 35.0. The number of hydrogen-bond donors (Lipinski definition) is 9. The van der Waals surface area contributed by atoms with Gasteiger partial charge in [0.15, 0.2) is 5.60 Å². The van der Waals surface area contributed by atoms with Gasteiger partial charge in [-0.2, -0.15) is 0 Å². The molecule has 23 nitrogen and oxygen atoms in total. The van der Waals surface area contributed by atoms with Crippen LogP contribution in [-0.4, -0.2) is 157 Å². The van der Waals surface area contributed by atoms with Crippen molar-refractivity contribution in [2.45, 2.75) is 93.8 Å². The Bertz CT molecular complexity index is 2650. The summed E-state index contributed by atoms with van der Waals surface area (Å²) in [6.07, 6.45) is 0.173.